The van der Waals surface area contributed by atoms with Gasteiger partial charge < -0.3 is 25.0 Å². The maximum Gasteiger partial charge on any atom is 0.239 e. The average Bonchev–Trinajstić information content (AvgIpc) is 3.12. The van der Waals surface area contributed by atoms with Crippen LogP contribution in [0.3, 0.4) is 0 Å². The minimum absolute atomic E-state index is 0.135. The number of amidine groups is 1. The van der Waals surface area contributed by atoms with Crippen LogP contribution in [0.1, 0.15) is 17.0 Å². The summed E-state index contributed by atoms with van der Waals surface area (Å²) in [4.78, 5) is 21.9. The third-order valence-corrected chi connectivity index (χ3v) is 5.67. The molecule has 1 atom stereocenters. The number of nitrogens with one attached hydrogen (secondary N) is 1. The molecule has 2 aromatic carbocycles. The lowest BCUT2D eigenvalue weighted by Gasteiger charge is -2.39. The largest absolute Gasteiger partial charge is 0.506 e. The Bertz CT molecular complexity index is 1040. The number of phenolic OH excluding ortho intramolecular Hbond substituents is 1. The molecule has 31 heavy (non-hydrogen) atoms. The molecule has 0 radical (unpaired) electrons. The number of methoxy groups -OCH3 is 1. The van der Waals surface area contributed by atoms with Gasteiger partial charge in [0.1, 0.15) is 17.5 Å². The summed E-state index contributed by atoms with van der Waals surface area (Å²) >= 11 is 0. The molecule has 2 heterocycles. The van der Waals surface area contributed by atoms with Crippen LogP contribution in [0.25, 0.3) is 0 Å². The molecule has 1 saturated heterocycles. The fourth-order valence-corrected chi connectivity index (χ4v) is 4.12. The van der Waals surface area contributed by atoms with Gasteiger partial charge in [0, 0.05) is 39.0 Å². The number of anilines is 2. The first kappa shape index (κ1) is 20.7. The van der Waals surface area contributed by atoms with Gasteiger partial charge >= 0.3 is 0 Å². The molecule has 0 unspecified atom stereocenters. The van der Waals surface area contributed by atoms with Gasteiger partial charge in [-0.05, 0) is 35.9 Å². The summed E-state index contributed by atoms with van der Waals surface area (Å²) in [5.41, 5.74) is 2.83. The summed E-state index contributed by atoms with van der Waals surface area (Å²) in [6.45, 7) is 3.62. The first-order valence-electron chi connectivity index (χ1n) is 10.3. The van der Waals surface area contributed by atoms with E-state index in [1.54, 1.807) is 37.4 Å². The van der Waals surface area contributed by atoms with Crippen LogP contribution >= 0.6 is 0 Å². The van der Waals surface area contributed by atoms with Crippen LogP contribution in [0.15, 0.2) is 47.5 Å². The number of piperazine rings is 1. The van der Waals surface area contributed by atoms with E-state index in [4.69, 9.17) is 9.73 Å². The number of phenols is 1. The number of fused-ring (bicyclic) bond motifs is 1. The predicted octanol–water partition coefficient (Wildman–Crippen LogP) is 2.17. The summed E-state index contributed by atoms with van der Waals surface area (Å²) in [7, 11) is 1.62. The highest BCUT2D eigenvalue weighted by Gasteiger charge is 2.38. The Morgan fingerprint density at radius 1 is 1.26 bits per heavy atom. The number of benzene rings is 2. The van der Waals surface area contributed by atoms with E-state index >= 15 is 0 Å². The normalized spacial score (nSPS) is 18.5. The van der Waals surface area contributed by atoms with Crippen molar-refractivity contribution in [1.29, 1.82) is 5.26 Å². The highest BCUT2D eigenvalue weighted by molar-refractivity contribution is 6.18. The van der Waals surface area contributed by atoms with Crippen LogP contribution in [0.5, 0.6) is 5.75 Å². The average molecular weight is 419 g/mol. The van der Waals surface area contributed by atoms with E-state index in [1.807, 2.05) is 12.1 Å². The number of carbonyl (C=O) groups is 1. The van der Waals surface area contributed by atoms with Crippen molar-refractivity contribution in [2.24, 2.45) is 4.99 Å². The summed E-state index contributed by atoms with van der Waals surface area (Å²) in [6.07, 6.45) is 0. The van der Waals surface area contributed by atoms with Crippen molar-refractivity contribution in [1.82, 2.24) is 4.90 Å². The van der Waals surface area contributed by atoms with Gasteiger partial charge in [0.15, 0.2) is 0 Å². The van der Waals surface area contributed by atoms with Crippen LogP contribution in [-0.2, 0) is 9.53 Å². The van der Waals surface area contributed by atoms with Crippen LogP contribution in [0.2, 0.25) is 0 Å². The zero-order valence-corrected chi connectivity index (χ0v) is 17.4. The van der Waals surface area contributed by atoms with Crippen LogP contribution in [-0.4, -0.2) is 68.2 Å². The van der Waals surface area contributed by atoms with Crippen molar-refractivity contribution in [2.45, 2.75) is 5.92 Å². The number of aliphatic imine (C=N–C) groups is 1. The first-order valence-corrected chi connectivity index (χ1v) is 10.3. The number of amides is 1. The van der Waals surface area contributed by atoms with Crippen LogP contribution in [0.4, 0.5) is 11.4 Å². The topological polar surface area (TPSA) is 101 Å². The molecule has 1 fully saturated rings. The monoisotopic (exact) mass is 419 g/mol. The molecule has 1 amide bonds. The molecule has 8 nitrogen and oxygen atoms in total. The molecule has 0 saturated carbocycles. The maximum atomic E-state index is 12.9. The van der Waals surface area contributed by atoms with Crippen molar-refractivity contribution in [3.63, 3.8) is 0 Å². The van der Waals surface area contributed by atoms with Gasteiger partial charge in [-0.3, -0.25) is 9.79 Å². The van der Waals surface area contributed by atoms with Gasteiger partial charge in [-0.2, -0.15) is 5.26 Å². The number of nitriles is 1. The molecule has 160 valence electrons. The Kier molecular flexibility index (Phi) is 6.05. The number of carbonyl (C=O) groups excluding carboxylic acids is 1. The number of para-hydroxylation sites is 2. The Morgan fingerprint density at radius 3 is 2.74 bits per heavy atom. The van der Waals surface area contributed by atoms with E-state index in [1.165, 1.54) is 0 Å². The molecule has 0 bridgehead atoms. The highest BCUT2D eigenvalue weighted by atomic mass is 16.5. The number of nitrogens with zero attached hydrogens (tertiary/aromatic N) is 4. The van der Waals surface area contributed by atoms with Crippen molar-refractivity contribution in [3.8, 4) is 11.8 Å². The second-order valence-electron chi connectivity index (χ2n) is 7.53. The Morgan fingerprint density at radius 2 is 2.03 bits per heavy atom. The minimum Gasteiger partial charge on any atom is -0.506 e. The van der Waals surface area contributed by atoms with E-state index in [-0.39, 0.29) is 11.7 Å². The lowest BCUT2D eigenvalue weighted by molar-refractivity contribution is -0.115. The molecule has 2 N–H and O–H groups in total. The molecule has 2 aromatic rings. The highest BCUT2D eigenvalue weighted by Crippen LogP contribution is 2.36. The summed E-state index contributed by atoms with van der Waals surface area (Å²) in [6, 6.07) is 14.7. The Labute approximate surface area is 181 Å². The molecule has 8 heteroatoms. The summed E-state index contributed by atoms with van der Waals surface area (Å²) in [5, 5.41) is 22.4. The smallest absolute Gasteiger partial charge is 0.239 e. The molecule has 0 spiro atoms. The van der Waals surface area contributed by atoms with Crippen molar-refractivity contribution < 1.29 is 14.6 Å². The Balaban J connectivity index is 1.59. The fourth-order valence-electron chi connectivity index (χ4n) is 4.12. The van der Waals surface area contributed by atoms with E-state index in [2.05, 4.69) is 21.2 Å². The summed E-state index contributed by atoms with van der Waals surface area (Å²) < 4.78 is 5.16. The third kappa shape index (κ3) is 4.18. The molecule has 2 aliphatic rings. The molecular weight excluding hydrogens is 394 g/mol. The minimum atomic E-state index is -0.558. The van der Waals surface area contributed by atoms with Gasteiger partial charge in [-0.15, -0.1) is 0 Å². The van der Waals surface area contributed by atoms with Gasteiger partial charge in [-0.25, -0.2) is 0 Å². The quantitative estimate of drug-likeness (QED) is 0.438. The van der Waals surface area contributed by atoms with E-state index < -0.39 is 5.92 Å². The maximum absolute atomic E-state index is 12.9. The first-order chi connectivity index (χ1) is 15.1. The number of hydrogen-bond acceptors (Lipinski definition) is 6. The molecule has 0 aromatic heterocycles. The second kappa shape index (κ2) is 9.06. The zero-order valence-electron chi connectivity index (χ0n) is 17.4. The van der Waals surface area contributed by atoms with Crippen LogP contribution < -0.4 is 10.2 Å². The van der Waals surface area contributed by atoms with E-state index in [0.717, 1.165) is 16.9 Å². The SMILES string of the molecule is COCCN=C([C@@H]1C(=O)Nc2ccc(C#N)cc21)N1CCN(c2ccccc2O)CC1. The number of ether oxygens (including phenoxy) is 1. The Hall–Kier alpha value is -3.57. The lowest BCUT2D eigenvalue weighted by atomic mass is 9.96. The van der Waals surface area contributed by atoms with Gasteiger partial charge in [0.2, 0.25) is 5.91 Å². The standard InChI is InChI=1S/C23H25N5O3/c1-31-13-8-25-22(21-17-14-16(15-24)6-7-18(17)26-23(21)30)28-11-9-27(10-12-28)19-4-2-3-5-20(19)29/h2-7,14,21,29H,8-13H2,1H3,(H,26,30)/t21-/m1/s1. The van der Waals surface area contributed by atoms with Gasteiger partial charge in [0.25, 0.3) is 0 Å². The van der Waals surface area contributed by atoms with Gasteiger partial charge in [0.05, 0.1) is 30.5 Å². The summed E-state index contributed by atoms with van der Waals surface area (Å²) in [5.74, 6) is 0.264. The lowest BCUT2D eigenvalue weighted by Crippen LogP contribution is -2.51. The predicted molar refractivity (Wildman–Crippen MR) is 119 cm³/mol. The van der Waals surface area contributed by atoms with Crippen LogP contribution in [0, 0.1) is 11.3 Å². The van der Waals surface area contributed by atoms with Crippen molar-refractivity contribution in [3.05, 3.63) is 53.6 Å². The van der Waals surface area contributed by atoms with E-state index in [0.29, 0.717) is 50.7 Å². The molecule has 0 aliphatic carbocycles. The number of rotatable bonds is 5. The van der Waals surface area contributed by atoms with Crippen molar-refractivity contribution in [2.75, 3.05) is 56.7 Å². The zero-order chi connectivity index (χ0) is 21.8. The molecule has 4 rings (SSSR count). The second-order valence-corrected chi connectivity index (χ2v) is 7.53. The molecule has 2 aliphatic heterocycles. The molecular formula is C23H25N5O3. The van der Waals surface area contributed by atoms with Crippen molar-refractivity contribution >= 4 is 23.1 Å². The number of aromatic hydroxyl groups is 1. The van der Waals surface area contributed by atoms with Gasteiger partial charge in [-0.1, -0.05) is 12.1 Å². The van der Waals surface area contributed by atoms with E-state index in [9.17, 15) is 15.2 Å². The fraction of sp³-hybridized carbons (Fsp3) is 0.348. The number of hydrogen-bond donors (Lipinski definition) is 2. The third-order valence-electron chi connectivity index (χ3n) is 5.67.